The topological polar surface area (TPSA) is 64.8 Å². The fourth-order valence-electron chi connectivity index (χ4n) is 1.75. The van der Waals surface area contributed by atoms with Crippen molar-refractivity contribution in [2.24, 2.45) is 5.73 Å². The molecule has 0 bridgehead atoms. The van der Waals surface area contributed by atoms with Gasteiger partial charge in [0.1, 0.15) is 0 Å². The fourth-order valence-corrected chi connectivity index (χ4v) is 1.75. The lowest BCUT2D eigenvalue weighted by Crippen LogP contribution is -2.50. The molecule has 0 saturated carbocycles. The van der Waals surface area contributed by atoms with Gasteiger partial charge in [-0.3, -0.25) is 9.69 Å². The van der Waals surface area contributed by atoms with Crippen LogP contribution < -0.4 is 5.73 Å². The molecule has 100 valence electrons. The first kappa shape index (κ1) is 14.4. The third-order valence-electron chi connectivity index (χ3n) is 2.88. The minimum Gasteiger partial charge on any atom is -0.465 e. The van der Waals surface area contributed by atoms with Crippen molar-refractivity contribution in [3.8, 4) is 0 Å². The molecule has 0 aliphatic carbocycles. The number of rotatable bonds is 6. The molecule has 0 aromatic heterocycles. The van der Waals surface area contributed by atoms with E-state index < -0.39 is 0 Å². The molecule has 0 spiro atoms. The Morgan fingerprint density at radius 3 is 3.06 bits per heavy atom. The van der Waals surface area contributed by atoms with Crippen molar-refractivity contribution in [1.82, 2.24) is 4.90 Å². The number of morpholine rings is 1. The zero-order valence-electron chi connectivity index (χ0n) is 10.9. The summed E-state index contributed by atoms with van der Waals surface area (Å²) in [5.74, 6) is -0.149. The number of carbonyl (C=O) groups is 1. The fraction of sp³-hybridized carbons (Fsp3) is 0.917. The van der Waals surface area contributed by atoms with Gasteiger partial charge in [-0.25, -0.2) is 0 Å². The highest BCUT2D eigenvalue weighted by Gasteiger charge is 2.24. The zero-order valence-corrected chi connectivity index (χ0v) is 10.9. The van der Waals surface area contributed by atoms with E-state index in [1.165, 1.54) is 0 Å². The van der Waals surface area contributed by atoms with Crippen LogP contribution in [0.4, 0.5) is 0 Å². The van der Waals surface area contributed by atoms with Gasteiger partial charge in [-0.05, 0) is 13.3 Å². The second kappa shape index (κ2) is 7.63. The van der Waals surface area contributed by atoms with Crippen LogP contribution in [-0.2, 0) is 14.3 Å². The molecule has 0 aromatic rings. The maximum absolute atomic E-state index is 11.5. The van der Waals surface area contributed by atoms with Crippen LogP contribution in [0.15, 0.2) is 0 Å². The Kier molecular flexibility index (Phi) is 6.47. The summed E-state index contributed by atoms with van der Waals surface area (Å²) in [6.45, 7) is 6.98. The van der Waals surface area contributed by atoms with Crippen LogP contribution in [0.25, 0.3) is 0 Å². The molecule has 1 fully saturated rings. The van der Waals surface area contributed by atoms with Crippen LogP contribution in [0.2, 0.25) is 0 Å². The smallest absolute Gasteiger partial charge is 0.320 e. The van der Waals surface area contributed by atoms with E-state index in [-0.39, 0.29) is 18.1 Å². The van der Waals surface area contributed by atoms with E-state index in [4.69, 9.17) is 15.2 Å². The average molecular weight is 244 g/mol. The van der Waals surface area contributed by atoms with Crippen LogP contribution in [0.3, 0.4) is 0 Å². The molecule has 2 N–H and O–H groups in total. The highest BCUT2D eigenvalue weighted by atomic mass is 16.5. The quantitative estimate of drug-likeness (QED) is 0.540. The standard InChI is InChI=1S/C12H24N2O3/c1-3-4-6-17-12(15)9-14-5-7-16-11(8-14)10(2)13/h10-11H,3-9,13H2,1-2H3. The van der Waals surface area contributed by atoms with Crippen LogP contribution in [-0.4, -0.2) is 55.9 Å². The summed E-state index contributed by atoms with van der Waals surface area (Å²) < 4.78 is 10.7. The number of hydrogen-bond acceptors (Lipinski definition) is 5. The van der Waals surface area contributed by atoms with Gasteiger partial charge >= 0.3 is 5.97 Å². The molecule has 5 nitrogen and oxygen atoms in total. The lowest BCUT2D eigenvalue weighted by Gasteiger charge is -2.33. The Balaban J connectivity index is 2.23. The maximum atomic E-state index is 11.5. The van der Waals surface area contributed by atoms with Gasteiger partial charge in [0.05, 0.1) is 25.9 Å². The highest BCUT2D eigenvalue weighted by molar-refractivity contribution is 5.71. The van der Waals surface area contributed by atoms with Crippen LogP contribution in [0.1, 0.15) is 26.7 Å². The van der Waals surface area contributed by atoms with Crippen molar-refractivity contribution in [1.29, 1.82) is 0 Å². The first-order valence-corrected chi connectivity index (χ1v) is 6.38. The van der Waals surface area contributed by atoms with Crippen molar-refractivity contribution in [2.45, 2.75) is 38.8 Å². The summed E-state index contributed by atoms with van der Waals surface area (Å²) in [7, 11) is 0. The second-order valence-electron chi connectivity index (χ2n) is 4.58. The number of hydrogen-bond donors (Lipinski definition) is 1. The number of esters is 1. The Hall–Kier alpha value is -0.650. The molecule has 2 unspecified atom stereocenters. The molecule has 5 heteroatoms. The molecular formula is C12H24N2O3. The SMILES string of the molecule is CCCCOC(=O)CN1CCOC(C(C)N)C1. The lowest BCUT2D eigenvalue weighted by molar-refractivity contribution is -0.147. The van der Waals surface area contributed by atoms with E-state index in [2.05, 4.69) is 6.92 Å². The highest BCUT2D eigenvalue weighted by Crippen LogP contribution is 2.07. The van der Waals surface area contributed by atoms with Crippen LogP contribution in [0.5, 0.6) is 0 Å². The van der Waals surface area contributed by atoms with Gasteiger partial charge in [0.25, 0.3) is 0 Å². The summed E-state index contributed by atoms with van der Waals surface area (Å²) in [6.07, 6.45) is 1.99. The Labute approximate surface area is 103 Å². The molecule has 1 heterocycles. The summed E-state index contributed by atoms with van der Waals surface area (Å²) in [5.41, 5.74) is 5.79. The Bertz CT molecular complexity index is 234. The van der Waals surface area contributed by atoms with Crippen molar-refractivity contribution in [3.63, 3.8) is 0 Å². The molecular weight excluding hydrogens is 220 g/mol. The average Bonchev–Trinajstić information content (AvgIpc) is 2.29. The number of carbonyl (C=O) groups excluding carboxylic acids is 1. The number of nitrogens with zero attached hydrogens (tertiary/aromatic N) is 1. The van der Waals surface area contributed by atoms with Gasteiger partial charge in [-0.1, -0.05) is 13.3 Å². The third kappa shape index (κ3) is 5.48. The molecule has 0 radical (unpaired) electrons. The molecule has 0 amide bonds. The first-order valence-electron chi connectivity index (χ1n) is 6.38. The summed E-state index contributed by atoms with van der Waals surface area (Å²) >= 11 is 0. The molecule has 17 heavy (non-hydrogen) atoms. The van der Waals surface area contributed by atoms with E-state index in [9.17, 15) is 4.79 Å². The van der Waals surface area contributed by atoms with Gasteiger partial charge in [0.2, 0.25) is 0 Å². The van der Waals surface area contributed by atoms with Crippen LogP contribution in [0, 0.1) is 0 Å². The van der Waals surface area contributed by atoms with Gasteiger partial charge in [-0.2, -0.15) is 0 Å². The van der Waals surface area contributed by atoms with Crippen LogP contribution >= 0.6 is 0 Å². The van der Waals surface area contributed by atoms with Crippen molar-refractivity contribution < 1.29 is 14.3 Å². The third-order valence-corrected chi connectivity index (χ3v) is 2.88. The van der Waals surface area contributed by atoms with E-state index >= 15 is 0 Å². The maximum Gasteiger partial charge on any atom is 0.320 e. The Morgan fingerprint density at radius 1 is 1.65 bits per heavy atom. The number of nitrogens with two attached hydrogens (primary N) is 1. The minimum absolute atomic E-state index is 0.00564. The molecule has 1 rings (SSSR count). The molecule has 1 aliphatic rings. The van der Waals surface area contributed by atoms with E-state index in [1.807, 2.05) is 11.8 Å². The van der Waals surface area contributed by atoms with Gasteiger partial charge in [0.15, 0.2) is 0 Å². The number of unbranched alkanes of at least 4 members (excludes halogenated alkanes) is 1. The minimum atomic E-state index is -0.149. The van der Waals surface area contributed by atoms with Crippen molar-refractivity contribution in [3.05, 3.63) is 0 Å². The summed E-state index contributed by atoms with van der Waals surface area (Å²) in [5, 5.41) is 0. The van der Waals surface area contributed by atoms with Gasteiger partial charge in [0, 0.05) is 19.1 Å². The molecule has 0 aromatic carbocycles. The second-order valence-corrected chi connectivity index (χ2v) is 4.58. The number of ether oxygens (including phenoxy) is 2. The zero-order chi connectivity index (χ0) is 12.7. The largest absolute Gasteiger partial charge is 0.465 e. The predicted molar refractivity (Wildman–Crippen MR) is 65.7 cm³/mol. The molecule has 1 saturated heterocycles. The lowest BCUT2D eigenvalue weighted by atomic mass is 10.1. The van der Waals surface area contributed by atoms with E-state index in [1.54, 1.807) is 0 Å². The first-order chi connectivity index (χ1) is 8.13. The van der Waals surface area contributed by atoms with Crippen molar-refractivity contribution >= 4 is 5.97 Å². The predicted octanol–water partition coefficient (Wildman–Crippen LogP) is 0.378. The molecule has 1 aliphatic heterocycles. The summed E-state index contributed by atoms with van der Waals surface area (Å²) in [6, 6.07) is -0.00564. The molecule has 2 atom stereocenters. The van der Waals surface area contributed by atoms with Gasteiger partial charge < -0.3 is 15.2 Å². The van der Waals surface area contributed by atoms with E-state index in [0.29, 0.717) is 26.3 Å². The monoisotopic (exact) mass is 244 g/mol. The van der Waals surface area contributed by atoms with Crippen molar-refractivity contribution in [2.75, 3.05) is 32.8 Å². The van der Waals surface area contributed by atoms with E-state index in [0.717, 1.165) is 19.4 Å². The summed E-state index contributed by atoms with van der Waals surface area (Å²) in [4.78, 5) is 13.6. The Morgan fingerprint density at radius 2 is 2.41 bits per heavy atom. The van der Waals surface area contributed by atoms with Gasteiger partial charge in [-0.15, -0.1) is 0 Å². The normalized spacial score (nSPS) is 23.4.